The largest absolute Gasteiger partial charge is 0.491 e. The minimum Gasteiger partial charge on any atom is -0.491 e. The van der Waals surface area contributed by atoms with Crippen LogP contribution in [0.1, 0.15) is 21.9 Å². The molecule has 0 saturated carbocycles. The zero-order valence-corrected chi connectivity index (χ0v) is 19.6. The Kier molecular flexibility index (Phi) is 5.37. The van der Waals surface area contributed by atoms with E-state index in [1.807, 2.05) is 12.1 Å². The van der Waals surface area contributed by atoms with E-state index < -0.39 is 11.7 Å². The number of methoxy groups -OCH3 is 1. The molecular formula is C22H24FN7O2S. The number of nitrogens with zero attached hydrogens (tertiary/aromatic N) is 6. The number of carbonyl (C=O) groups is 1. The molecule has 11 heteroatoms. The maximum absolute atomic E-state index is 14.8. The number of amides is 1. The van der Waals surface area contributed by atoms with Crippen LogP contribution in [0.3, 0.4) is 0 Å². The van der Waals surface area contributed by atoms with Crippen LogP contribution in [0.5, 0.6) is 5.75 Å². The number of thiazole rings is 1. The van der Waals surface area contributed by atoms with Crippen LogP contribution in [0.2, 0.25) is 0 Å². The van der Waals surface area contributed by atoms with Gasteiger partial charge in [-0.05, 0) is 39.6 Å². The van der Waals surface area contributed by atoms with Crippen molar-refractivity contribution in [2.75, 3.05) is 44.5 Å². The highest BCUT2D eigenvalue weighted by molar-refractivity contribution is 7.20. The lowest BCUT2D eigenvalue weighted by molar-refractivity contribution is 0.102. The molecule has 1 fully saturated rings. The molecule has 4 aromatic rings. The number of carbonyl (C=O) groups excluding carboxylic acids is 1. The third-order valence-corrected chi connectivity index (χ3v) is 6.83. The van der Waals surface area contributed by atoms with E-state index in [9.17, 15) is 9.18 Å². The Balaban J connectivity index is 1.41. The van der Waals surface area contributed by atoms with Crippen LogP contribution in [-0.4, -0.2) is 70.5 Å². The van der Waals surface area contributed by atoms with E-state index in [-0.39, 0.29) is 22.1 Å². The number of fused-ring (bicyclic) bond motifs is 2. The fourth-order valence-electron chi connectivity index (χ4n) is 4.11. The predicted octanol–water partition coefficient (Wildman–Crippen LogP) is 3.19. The lowest BCUT2D eigenvalue weighted by Crippen LogP contribution is -2.31. The van der Waals surface area contributed by atoms with Crippen LogP contribution in [0, 0.1) is 12.7 Å². The summed E-state index contributed by atoms with van der Waals surface area (Å²) in [6, 6.07) is 4.32. The highest BCUT2D eigenvalue weighted by Crippen LogP contribution is 2.32. The summed E-state index contributed by atoms with van der Waals surface area (Å²) in [7, 11) is 5.53. The monoisotopic (exact) mass is 469 g/mol. The molecule has 0 spiro atoms. The van der Waals surface area contributed by atoms with Gasteiger partial charge in [0, 0.05) is 31.5 Å². The molecule has 1 aliphatic rings. The number of hydrogen-bond acceptors (Lipinski definition) is 8. The molecular weight excluding hydrogens is 445 g/mol. The van der Waals surface area contributed by atoms with Crippen molar-refractivity contribution in [3.63, 3.8) is 0 Å². The number of rotatable bonds is 5. The van der Waals surface area contributed by atoms with E-state index in [0.717, 1.165) is 25.3 Å². The Labute approximate surface area is 193 Å². The molecule has 5 rings (SSSR count). The Hall–Kier alpha value is -3.31. The Morgan fingerprint density at radius 2 is 2.09 bits per heavy atom. The van der Waals surface area contributed by atoms with Crippen molar-refractivity contribution in [3.05, 3.63) is 41.0 Å². The first kappa shape index (κ1) is 21.5. The molecule has 5 heterocycles. The average molecular weight is 470 g/mol. The van der Waals surface area contributed by atoms with Gasteiger partial charge in [0.15, 0.2) is 16.4 Å². The molecule has 0 aromatic carbocycles. The minimum absolute atomic E-state index is 0.0764. The summed E-state index contributed by atoms with van der Waals surface area (Å²) in [5.74, 6) is -0.289. The van der Waals surface area contributed by atoms with Crippen LogP contribution in [0.4, 0.5) is 15.9 Å². The molecule has 0 bridgehead atoms. The molecule has 4 aromatic heterocycles. The van der Waals surface area contributed by atoms with Crippen LogP contribution in [-0.2, 0) is 0 Å². The van der Waals surface area contributed by atoms with Crippen LogP contribution in [0.25, 0.3) is 16.0 Å². The Bertz CT molecular complexity index is 1370. The second-order valence-corrected chi connectivity index (χ2v) is 9.30. The van der Waals surface area contributed by atoms with Gasteiger partial charge in [0.1, 0.15) is 21.9 Å². The highest BCUT2D eigenvalue weighted by Gasteiger charge is 2.26. The quantitative estimate of drug-likeness (QED) is 0.480. The minimum atomic E-state index is -0.638. The number of pyridine rings is 2. The van der Waals surface area contributed by atoms with Gasteiger partial charge in [0.25, 0.3) is 5.91 Å². The molecule has 1 saturated heterocycles. The van der Waals surface area contributed by atoms with Gasteiger partial charge >= 0.3 is 0 Å². The number of anilines is 2. The lowest BCUT2D eigenvalue weighted by Gasteiger charge is -2.20. The topological polar surface area (TPSA) is 87.9 Å². The molecule has 33 heavy (non-hydrogen) atoms. The second-order valence-electron chi connectivity index (χ2n) is 8.32. The predicted molar refractivity (Wildman–Crippen MR) is 126 cm³/mol. The van der Waals surface area contributed by atoms with Gasteiger partial charge in [-0.1, -0.05) is 11.3 Å². The van der Waals surface area contributed by atoms with Crippen LogP contribution in [0.15, 0.2) is 24.5 Å². The molecule has 0 unspecified atom stereocenters. The van der Waals surface area contributed by atoms with Crippen molar-refractivity contribution in [2.45, 2.75) is 19.4 Å². The molecule has 0 aliphatic carbocycles. The summed E-state index contributed by atoms with van der Waals surface area (Å²) < 4.78 is 21.6. The number of nitrogens with one attached hydrogen (secondary N) is 1. The third kappa shape index (κ3) is 3.87. The van der Waals surface area contributed by atoms with Crippen molar-refractivity contribution < 1.29 is 13.9 Å². The number of likely N-dealkylation sites (N-methyl/N-ethyl adjacent to an activating group) is 1. The second kappa shape index (κ2) is 8.23. The van der Waals surface area contributed by atoms with Gasteiger partial charge in [-0.25, -0.2) is 15.0 Å². The van der Waals surface area contributed by atoms with Crippen molar-refractivity contribution in [1.29, 1.82) is 0 Å². The van der Waals surface area contributed by atoms with Crippen molar-refractivity contribution in [3.8, 4) is 5.75 Å². The number of aryl methyl sites for hydroxylation is 1. The first-order valence-corrected chi connectivity index (χ1v) is 11.4. The first-order chi connectivity index (χ1) is 15.8. The highest BCUT2D eigenvalue weighted by atomic mass is 32.1. The first-order valence-electron chi connectivity index (χ1n) is 10.6. The molecule has 1 aliphatic heterocycles. The van der Waals surface area contributed by atoms with Crippen LogP contribution < -0.4 is 15.0 Å². The summed E-state index contributed by atoms with van der Waals surface area (Å²) >= 11 is 1.21. The standard InChI is InChI=1S/C22H24FN7O2S/c1-12-9-30-11-15(18(32-4)17(23)19(30)24-12)25-20(31)22-26-14-5-6-16(27-21(14)33-22)29-8-7-13(10-29)28(2)3/h5-6,9,11,13H,7-8,10H2,1-4H3,(H,25,31)/t13-/m0/s1. The van der Waals surface area contributed by atoms with Gasteiger partial charge < -0.3 is 24.3 Å². The Morgan fingerprint density at radius 1 is 1.27 bits per heavy atom. The van der Waals surface area contributed by atoms with E-state index in [0.29, 0.717) is 22.1 Å². The average Bonchev–Trinajstić information content (AvgIpc) is 3.51. The van der Waals surface area contributed by atoms with E-state index in [1.165, 1.54) is 22.8 Å². The maximum Gasteiger partial charge on any atom is 0.284 e. The van der Waals surface area contributed by atoms with E-state index in [4.69, 9.17) is 9.72 Å². The summed E-state index contributed by atoms with van der Waals surface area (Å²) in [6.45, 7) is 3.62. The zero-order valence-electron chi connectivity index (χ0n) is 18.8. The van der Waals surface area contributed by atoms with E-state index in [1.54, 1.807) is 19.3 Å². The summed E-state index contributed by atoms with van der Waals surface area (Å²) in [6.07, 6.45) is 4.34. The zero-order chi connectivity index (χ0) is 23.3. The van der Waals surface area contributed by atoms with E-state index >= 15 is 0 Å². The summed E-state index contributed by atoms with van der Waals surface area (Å²) in [5.41, 5.74) is 1.64. The molecule has 1 N–H and O–H groups in total. The molecule has 1 amide bonds. The van der Waals surface area contributed by atoms with Gasteiger partial charge in [0.2, 0.25) is 5.82 Å². The normalized spacial score (nSPS) is 16.3. The molecule has 9 nitrogen and oxygen atoms in total. The summed E-state index contributed by atoms with van der Waals surface area (Å²) in [4.78, 5) is 31.4. The van der Waals surface area contributed by atoms with Crippen molar-refractivity contribution in [1.82, 2.24) is 24.3 Å². The number of ether oxygens (including phenoxy) is 1. The van der Waals surface area contributed by atoms with Gasteiger partial charge in [-0.15, -0.1) is 0 Å². The molecule has 1 atom stereocenters. The Morgan fingerprint density at radius 3 is 2.82 bits per heavy atom. The lowest BCUT2D eigenvalue weighted by atomic mass is 10.2. The van der Waals surface area contributed by atoms with Gasteiger partial charge in [0.05, 0.1) is 12.8 Å². The number of halogens is 1. The third-order valence-electron chi connectivity index (χ3n) is 5.87. The summed E-state index contributed by atoms with van der Waals surface area (Å²) in [5, 5.41) is 2.96. The van der Waals surface area contributed by atoms with Crippen molar-refractivity contribution >= 4 is 44.7 Å². The molecule has 0 radical (unpaired) electrons. The number of hydrogen-bond donors (Lipinski definition) is 1. The maximum atomic E-state index is 14.8. The number of imidazole rings is 1. The SMILES string of the molecule is COc1c(NC(=O)c2nc3ccc(N4CC[C@H](N(C)C)C4)nc3s2)cn2cc(C)nc2c1F. The van der Waals surface area contributed by atoms with E-state index in [2.05, 4.69) is 39.2 Å². The smallest absolute Gasteiger partial charge is 0.284 e. The van der Waals surface area contributed by atoms with Crippen LogP contribution >= 0.6 is 11.3 Å². The van der Waals surface area contributed by atoms with Gasteiger partial charge in [-0.2, -0.15) is 4.39 Å². The number of aromatic nitrogens is 4. The van der Waals surface area contributed by atoms with Gasteiger partial charge in [-0.3, -0.25) is 4.79 Å². The fourth-order valence-corrected chi connectivity index (χ4v) is 4.94. The molecule has 172 valence electrons. The fraction of sp³-hybridized carbons (Fsp3) is 0.364. The van der Waals surface area contributed by atoms with Crippen molar-refractivity contribution in [2.24, 2.45) is 0 Å².